The summed E-state index contributed by atoms with van der Waals surface area (Å²) in [5, 5.41) is 1.55. The summed E-state index contributed by atoms with van der Waals surface area (Å²) in [4.78, 5) is 31.1. The second-order valence-electron chi connectivity index (χ2n) is 10.9. The van der Waals surface area contributed by atoms with Crippen LogP contribution in [0.15, 0.2) is 48.5 Å². The van der Waals surface area contributed by atoms with Crippen molar-refractivity contribution in [1.29, 1.82) is 0 Å². The lowest BCUT2D eigenvalue weighted by Gasteiger charge is -2.24. The molecule has 0 spiro atoms. The molecule has 43 heavy (non-hydrogen) atoms. The number of amides is 2. The van der Waals surface area contributed by atoms with E-state index < -0.39 is 5.92 Å². The van der Waals surface area contributed by atoms with Gasteiger partial charge in [-0.3, -0.25) is 14.6 Å². The van der Waals surface area contributed by atoms with E-state index in [4.69, 9.17) is 31.8 Å². The second kappa shape index (κ2) is 14.0. The van der Waals surface area contributed by atoms with Crippen molar-refractivity contribution < 1.29 is 18.7 Å². The summed E-state index contributed by atoms with van der Waals surface area (Å²) in [6.07, 6.45) is 4.51. The Morgan fingerprint density at radius 1 is 1.14 bits per heavy atom. The van der Waals surface area contributed by atoms with Gasteiger partial charge in [0.1, 0.15) is 17.1 Å². The van der Waals surface area contributed by atoms with Gasteiger partial charge in [0.15, 0.2) is 0 Å². The predicted molar refractivity (Wildman–Crippen MR) is 169 cm³/mol. The molecule has 0 saturated heterocycles. The number of benzene rings is 2. The van der Waals surface area contributed by atoms with E-state index >= 15 is 0 Å². The Balaban J connectivity index is 0.00000135. The van der Waals surface area contributed by atoms with Crippen LogP contribution in [0.4, 0.5) is 4.39 Å². The summed E-state index contributed by atoms with van der Waals surface area (Å²) in [6.45, 7) is 5.92. The number of primary amides is 2. The highest BCUT2D eigenvalue weighted by Gasteiger charge is 2.35. The van der Waals surface area contributed by atoms with E-state index in [2.05, 4.69) is 35.8 Å². The van der Waals surface area contributed by atoms with Gasteiger partial charge in [-0.15, -0.1) is 0 Å². The first-order chi connectivity index (χ1) is 20.6. The standard InChI is InChI=1S/C33H35ClFN3O2.CH3NO/c1-5-24-27(25(6-2)33(36)39)17-29(38-31(24)21-9-11-23(35)12-10-21)26(20-7-8-20)14-19-13-22-16-28(34)18(3)37-32(22)30(15-19)40-4;2-1-3/h9-13,15-17,20,25-26H,5-8,14H2,1-4H3,(H2,36,39);1H,(H2,2,3). The molecule has 4 aromatic rings. The molecular weight excluding hydrogens is 567 g/mol. The lowest BCUT2D eigenvalue weighted by molar-refractivity contribution is -0.119. The zero-order chi connectivity index (χ0) is 31.3. The van der Waals surface area contributed by atoms with E-state index in [0.29, 0.717) is 29.5 Å². The number of hydrogen-bond donors (Lipinski definition) is 2. The van der Waals surface area contributed by atoms with E-state index in [1.807, 2.05) is 19.9 Å². The number of aryl methyl sites for hydroxylation is 1. The Bertz CT molecular complexity index is 1620. The average Bonchev–Trinajstić information content (AvgIpc) is 3.82. The minimum absolute atomic E-state index is 0.130. The number of fused-ring (bicyclic) bond motifs is 1. The van der Waals surface area contributed by atoms with Crippen molar-refractivity contribution in [1.82, 2.24) is 9.97 Å². The molecule has 2 aromatic heterocycles. The Labute approximate surface area is 256 Å². The Morgan fingerprint density at radius 2 is 1.81 bits per heavy atom. The third kappa shape index (κ3) is 7.13. The third-order valence-electron chi connectivity index (χ3n) is 8.09. The molecule has 5 rings (SSSR count). The molecule has 7 nitrogen and oxygen atoms in total. The van der Waals surface area contributed by atoms with Crippen molar-refractivity contribution in [3.05, 3.63) is 87.4 Å². The van der Waals surface area contributed by atoms with E-state index in [1.165, 1.54) is 12.1 Å². The molecule has 2 unspecified atom stereocenters. The maximum atomic E-state index is 13.8. The first-order valence-electron chi connectivity index (χ1n) is 14.5. The molecule has 1 aliphatic rings. The monoisotopic (exact) mass is 604 g/mol. The number of carbonyl (C=O) groups is 2. The van der Waals surface area contributed by atoms with Crippen molar-refractivity contribution in [3.63, 3.8) is 0 Å². The summed E-state index contributed by atoms with van der Waals surface area (Å²) >= 11 is 6.42. The molecule has 9 heteroatoms. The van der Waals surface area contributed by atoms with Crippen LogP contribution in [0.3, 0.4) is 0 Å². The smallest absolute Gasteiger partial charge is 0.224 e. The number of hydrogen-bond acceptors (Lipinski definition) is 5. The molecule has 1 aliphatic carbocycles. The largest absolute Gasteiger partial charge is 0.494 e. The van der Waals surface area contributed by atoms with E-state index in [9.17, 15) is 9.18 Å². The van der Waals surface area contributed by atoms with Gasteiger partial charge in [-0.25, -0.2) is 9.37 Å². The number of rotatable bonds is 10. The van der Waals surface area contributed by atoms with Crippen molar-refractivity contribution in [2.45, 2.75) is 64.7 Å². The lowest BCUT2D eigenvalue weighted by atomic mass is 9.84. The van der Waals surface area contributed by atoms with Crippen LogP contribution in [0.1, 0.15) is 73.0 Å². The van der Waals surface area contributed by atoms with Crippen molar-refractivity contribution >= 4 is 34.8 Å². The number of nitrogens with zero attached hydrogens (tertiary/aromatic N) is 2. The first-order valence-corrected chi connectivity index (χ1v) is 14.9. The minimum atomic E-state index is -0.423. The quantitative estimate of drug-likeness (QED) is 0.193. The average molecular weight is 605 g/mol. The van der Waals surface area contributed by atoms with Crippen LogP contribution >= 0.6 is 11.6 Å². The van der Waals surface area contributed by atoms with E-state index in [0.717, 1.165) is 69.5 Å². The zero-order valence-corrected chi connectivity index (χ0v) is 25.7. The Hall–Kier alpha value is -4.04. The maximum Gasteiger partial charge on any atom is 0.224 e. The molecule has 226 valence electrons. The van der Waals surface area contributed by atoms with Crippen LogP contribution in [0.5, 0.6) is 5.75 Å². The highest BCUT2D eigenvalue weighted by molar-refractivity contribution is 6.31. The van der Waals surface area contributed by atoms with Crippen molar-refractivity contribution in [2.75, 3.05) is 7.11 Å². The van der Waals surface area contributed by atoms with Gasteiger partial charge >= 0.3 is 0 Å². The molecule has 2 aromatic carbocycles. The van der Waals surface area contributed by atoms with E-state index in [-0.39, 0.29) is 24.1 Å². The summed E-state index contributed by atoms with van der Waals surface area (Å²) in [5.74, 6) is 0.250. The first kappa shape index (κ1) is 31.9. The number of methoxy groups -OCH3 is 1. The summed E-state index contributed by atoms with van der Waals surface area (Å²) in [5.41, 5.74) is 17.2. The molecule has 0 bridgehead atoms. The normalized spacial score (nSPS) is 14.0. The summed E-state index contributed by atoms with van der Waals surface area (Å²) in [6, 6.07) is 14.7. The fourth-order valence-corrected chi connectivity index (χ4v) is 5.98. The molecule has 2 atom stereocenters. The van der Waals surface area contributed by atoms with Gasteiger partial charge in [-0.1, -0.05) is 25.4 Å². The molecule has 4 N–H and O–H groups in total. The van der Waals surface area contributed by atoms with Gasteiger partial charge in [0, 0.05) is 22.6 Å². The number of ether oxygens (including phenoxy) is 1. The predicted octanol–water partition coefficient (Wildman–Crippen LogP) is 6.79. The van der Waals surface area contributed by atoms with Gasteiger partial charge < -0.3 is 16.2 Å². The zero-order valence-electron chi connectivity index (χ0n) is 25.0. The molecular formula is C34H38ClFN4O3. The molecule has 1 fully saturated rings. The second-order valence-corrected chi connectivity index (χ2v) is 11.3. The van der Waals surface area contributed by atoms with Crippen LogP contribution in [0.25, 0.3) is 22.2 Å². The summed E-state index contributed by atoms with van der Waals surface area (Å²) in [7, 11) is 1.66. The number of pyridine rings is 2. The Morgan fingerprint density at radius 3 is 2.37 bits per heavy atom. The molecule has 2 heterocycles. The number of carbonyl (C=O) groups excluding carboxylic acids is 2. The topological polar surface area (TPSA) is 121 Å². The SMILES string of the molecule is CCc1c(C(CC)C(N)=O)cc(C(Cc2cc(OC)c3nc(C)c(Cl)cc3c2)C2CC2)nc1-c1ccc(F)cc1.NC=O. The van der Waals surface area contributed by atoms with Crippen LogP contribution < -0.4 is 16.2 Å². The van der Waals surface area contributed by atoms with Crippen LogP contribution in [-0.4, -0.2) is 29.4 Å². The van der Waals surface area contributed by atoms with Crippen LogP contribution in [-0.2, 0) is 22.4 Å². The van der Waals surface area contributed by atoms with Gasteiger partial charge in [0.2, 0.25) is 12.3 Å². The lowest BCUT2D eigenvalue weighted by Crippen LogP contribution is -2.23. The summed E-state index contributed by atoms with van der Waals surface area (Å²) < 4.78 is 19.6. The molecule has 1 saturated carbocycles. The fraction of sp³-hybridized carbons (Fsp3) is 0.353. The Kier molecular flexibility index (Phi) is 10.3. The van der Waals surface area contributed by atoms with Gasteiger partial charge in [0.05, 0.1) is 29.4 Å². The maximum absolute atomic E-state index is 13.8. The fourth-order valence-electron chi connectivity index (χ4n) is 5.82. The highest BCUT2D eigenvalue weighted by atomic mass is 35.5. The molecule has 2 amide bonds. The third-order valence-corrected chi connectivity index (χ3v) is 8.48. The number of halogens is 2. The van der Waals surface area contributed by atoms with Crippen molar-refractivity contribution in [3.8, 4) is 17.0 Å². The minimum Gasteiger partial charge on any atom is -0.494 e. The van der Waals surface area contributed by atoms with E-state index in [1.54, 1.807) is 19.2 Å². The van der Waals surface area contributed by atoms with Gasteiger partial charge in [-0.05, 0) is 110 Å². The van der Waals surface area contributed by atoms with Gasteiger partial charge in [-0.2, -0.15) is 0 Å². The molecule has 0 aliphatic heterocycles. The number of aromatic nitrogens is 2. The van der Waals surface area contributed by atoms with Gasteiger partial charge in [0.25, 0.3) is 0 Å². The number of nitrogens with two attached hydrogens (primary N) is 2. The van der Waals surface area contributed by atoms with Crippen LogP contribution in [0, 0.1) is 18.7 Å². The highest BCUT2D eigenvalue weighted by Crippen LogP contribution is 2.46. The van der Waals surface area contributed by atoms with Crippen LogP contribution in [0.2, 0.25) is 5.02 Å². The molecule has 0 radical (unpaired) electrons. The van der Waals surface area contributed by atoms with Crippen molar-refractivity contribution in [2.24, 2.45) is 17.4 Å².